The Kier molecular flexibility index (Phi) is 3.28. The van der Waals surface area contributed by atoms with E-state index in [0.29, 0.717) is 0 Å². The molecule has 1 N–H and O–H groups in total. The van der Waals surface area contributed by atoms with Crippen LogP contribution in [-0.2, 0) is 6.18 Å². The summed E-state index contributed by atoms with van der Waals surface area (Å²) < 4.78 is 63.0. The molecule has 0 fully saturated rings. The van der Waals surface area contributed by atoms with Gasteiger partial charge in [0.2, 0.25) is 0 Å². The lowest BCUT2D eigenvalue weighted by molar-refractivity contribution is -0.383. The zero-order valence-electron chi connectivity index (χ0n) is 9.13. The van der Waals surface area contributed by atoms with Crippen LogP contribution in [0.2, 0.25) is 5.02 Å². The van der Waals surface area contributed by atoms with E-state index in [1.54, 1.807) is 0 Å². The molecule has 0 atom stereocenters. The van der Waals surface area contributed by atoms with Crippen LogP contribution in [0.4, 0.5) is 27.6 Å². The highest BCUT2D eigenvalue weighted by Gasteiger charge is 2.38. The summed E-state index contributed by atoms with van der Waals surface area (Å²) in [7, 11) is 0. The van der Waals surface area contributed by atoms with Crippen molar-refractivity contribution < 1.29 is 26.9 Å². The number of H-pyrrole nitrogens is 1. The summed E-state index contributed by atoms with van der Waals surface area (Å²) in [6.07, 6.45) is -8.10. The van der Waals surface area contributed by atoms with E-state index in [2.05, 4.69) is 4.98 Å². The molecule has 2 aromatic rings. The normalized spacial score (nSPS) is 12.3. The summed E-state index contributed by atoms with van der Waals surface area (Å²) in [6, 6.07) is 0.179. The van der Waals surface area contributed by atoms with Gasteiger partial charge in [-0.15, -0.1) is 0 Å². The number of nitro benzene ring substituents is 1. The van der Waals surface area contributed by atoms with Crippen molar-refractivity contribution in [1.29, 1.82) is 0 Å². The molecule has 1 aromatic carbocycles. The molecule has 0 spiro atoms. The Morgan fingerprint density at radius 3 is 2.45 bits per heavy atom. The number of hydrogen-bond donors (Lipinski definition) is 1. The van der Waals surface area contributed by atoms with Gasteiger partial charge in [-0.2, -0.15) is 13.2 Å². The fraction of sp³-hybridized carbons (Fsp3) is 0.222. The molecule has 11 heteroatoms. The standard InChI is InChI=1S/C9H3ClF5N3O2/c10-4-2(9(13,14)15)1-3(18(19)20)5-6(4)17-8(16-5)7(11)12/h1,7H,(H,16,17). The third kappa shape index (κ3) is 2.26. The van der Waals surface area contributed by atoms with Crippen molar-refractivity contribution in [1.82, 2.24) is 9.97 Å². The Morgan fingerprint density at radius 1 is 1.40 bits per heavy atom. The van der Waals surface area contributed by atoms with Gasteiger partial charge in [0, 0.05) is 6.07 Å². The molecule has 0 unspecified atom stereocenters. The summed E-state index contributed by atoms with van der Waals surface area (Å²) in [5.41, 5.74) is -3.84. The number of aromatic amines is 1. The first-order valence-electron chi connectivity index (χ1n) is 4.84. The second kappa shape index (κ2) is 4.54. The van der Waals surface area contributed by atoms with E-state index in [4.69, 9.17) is 11.6 Å². The number of hydrogen-bond acceptors (Lipinski definition) is 3. The van der Waals surface area contributed by atoms with Crippen molar-refractivity contribution in [2.75, 3.05) is 0 Å². The number of non-ortho nitro benzene ring substituents is 1. The number of alkyl halides is 5. The third-order valence-corrected chi connectivity index (χ3v) is 2.80. The van der Waals surface area contributed by atoms with Gasteiger partial charge < -0.3 is 4.98 Å². The quantitative estimate of drug-likeness (QED) is 0.515. The van der Waals surface area contributed by atoms with Gasteiger partial charge >= 0.3 is 6.18 Å². The minimum Gasteiger partial charge on any atom is -0.331 e. The molecule has 2 rings (SSSR count). The number of nitro groups is 1. The second-order valence-electron chi connectivity index (χ2n) is 3.66. The van der Waals surface area contributed by atoms with E-state index in [9.17, 15) is 32.1 Å². The fourth-order valence-corrected chi connectivity index (χ4v) is 1.89. The van der Waals surface area contributed by atoms with Crippen LogP contribution >= 0.6 is 11.6 Å². The number of nitrogens with zero attached hydrogens (tertiary/aromatic N) is 2. The van der Waals surface area contributed by atoms with E-state index in [1.807, 2.05) is 4.98 Å². The molecule has 0 saturated carbocycles. The van der Waals surface area contributed by atoms with Gasteiger partial charge in [0.25, 0.3) is 12.1 Å². The summed E-state index contributed by atoms with van der Waals surface area (Å²) in [4.78, 5) is 14.7. The molecule has 1 aromatic heterocycles. The first kappa shape index (κ1) is 14.4. The second-order valence-corrected chi connectivity index (χ2v) is 4.04. The SMILES string of the molecule is O=[N+]([O-])c1cc(C(F)(F)F)c(Cl)c2nc(C(F)F)[nH]c12. The molecular formula is C9H3ClF5N3O2. The molecule has 1 heterocycles. The van der Waals surface area contributed by atoms with Crippen LogP contribution < -0.4 is 0 Å². The lowest BCUT2D eigenvalue weighted by atomic mass is 10.1. The first-order valence-corrected chi connectivity index (χ1v) is 5.22. The van der Waals surface area contributed by atoms with Crippen molar-refractivity contribution in [3.05, 3.63) is 32.6 Å². The highest BCUT2D eigenvalue weighted by molar-refractivity contribution is 6.36. The van der Waals surface area contributed by atoms with Gasteiger partial charge in [-0.1, -0.05) is 11.6 Å². The molecule has 20 heavy (non-hydrogen) atoms. The number of rotatable bonds is 2. The lowest BCUT2D eigenvalue weighted by Gasteiger charge is -2.08. The van der Waals surface area contributed by atoms with Gasteiger partial charge in [0.15, 0.2) is 5.82 Å². The van der Waals surface area contributed by atoms with Gasteiger partial charge in [0.05, 0.1) is 15.5 Å². The van der Waals surface area contributed by atoms with Crippen molar-refractivity contribution in [2.45, 2.75) is 12.6 Å². The Morgan fingerprint density at radius 2 is 2.00 bits per heavy atom. The summed E-state index contributed by atoms with van der Waals surface area (Å²) >= 11 is 5.45. The lowest BCUT2D eigenvalue weighted by Crippen LogP contribution is -2.07. The monoisotopic (exact) mass is 315 g/mol. The molecule has 0 aliphatic rings. The summed E-state index contributed by atoms with van der Waals surface area (Å²) in [6.45, 7) is 0. The van der Waals surface area contributed by atoms with Crippen LogP contribution in [0.1, 0.15) is 17.8 Å². The predicted octanol–water partition coefficient (Wildman–Crippen LogP) is 4.08. The maximum absolute atomic E-state index is 12.7. The molecular weight excluding hydrogens is 313 g/mol. The molecule has 0 aliphatic carbocycles. The zero-order chi connectivity index (χ0) is 15.2. The van der Waals surface area contributed by atoms with Gasteiger partial charge in [-0.3, -0.25) is 10.1 Å². The van der Waals surface area contributed by atoms with E-state index >= 15 is 0 Å². The number of nitrogens with one attached hydrogen (secondary N) is 1. The summed E-state index contributed by atoms with van der Waals surface area (Å²) in [5.74, 6) is -0.996. The Balaban J connectivity index is 2.88. The molecule has 5 nitrogen and oxygen atoms in total. The minimum absolute atomic E-state index is 0.179. The van der Waals surface area contributed by atoms with Gasteiger partial charge in [-0.05, 0) is 0 Å². The van der Waals surface area contributed by atoms with Crippen LogP contribution in [0.25, 0.3) is 11.0 Å². The van der Waals surface area contributed by atoms with Crippen molar-refractivity contribution in [3.63, 3.8) is 0 Å². The van der Waals surface area contributed by atoms with Crippen molar-refractivity contribution in [2.24, 2.45) is 0 Å². The zero-order valence-corrected chi connectivity index (χ0v) is 9.89. The topological polar surface area (TPSA) is 71.8 Å². The number of aromatic nitrogens is 2. The Bertz CT molecular complexity index is 697. The number of imidazole rings is 1. The number of fused-ring (bicyclic) bond motifs is 1. The minimum atomic E-state index is -4.97. The third-order valence-electron chi connectivity index (χ3n) is 2.41. The number of halogens is 6. The highest BCUT2D eigenvalue weighted by atomic mass is 35.5. The van der Waals surface area contributed by atoms with Crippen LogP contribution in [0, 0.1) is 10.1 Å². The molecule has 108 valence electrons. The average Bonchev–Trinajstić information content (AvgIpc) is 2.72. The predicted molar refractivity (Wildman–Crippen MR) is 57.7 cm³/mol. The van der Waals surface area contributed by atoms with Crippen LogP contribution in [0.3, 0.4) is 0 Å². The maximum atomic E-state index is 12.7. The van der Waals surface area contributed by atoms with E-state index in [-0.39, 0.29) is 6.07 Å². The molecule has 0 saturated heterocycles. The van der Waals surface area contributed by atoms with Gasteiger partial charge in [-0.25, -0.2) is 13.8 Å². The van der Waals surface area contributed by atoms with Crippen LogP contribution in [0.15, 0.2) is 6.07 Å². The smallest absolute Gasteiger partial charge is 0.331 e. The average molecular weight is 316 g/mol. The first-order chi connectivity index (χ1) is 9.12. The number of benzene rings is 1. The highest BCUT2D eigenvalue weighted by Crippen LogP contribution is 2.42. The molecule has 0 radical (unpaired) electrons. The molecule has 0 amide bonds. The maximum Gasteiger partial charge on any atom is 0.418 e. The fourth-order valence-electron chi connectivity index (χ4n) is 1.59. The van der Waals surface area contributed by atoms with E-state index < -0.39 is 50.7 Å². The Hall–Kier alpha value is -1.97. The molecule has 0 bridgehead atoms. The molecule has 0 aliphatic heterocycles. The van der Waals surface area contributed by atoms with Crippen molar-refractivity contribution in [3.8, 4) is 0 Å². The largest absolute Gasteiger partial charge is 0.418 e. The Labute approximate surface area is 111 Å². The van der Waals surface area contributed by atoms with E-state index in [1.165, 1.54) is 0 Å². The van der Waals surface area contributed by atoms with Crippen LogP contribution in [0.5, 0.6) is 0 Å². The summed E-state index contributed by atoms with van der Waals surface area (Å²) in [5, 5.41) is 9.77. The van der Waals surface area contributed by atoms with E-state index in [0.717, 1.165) is 0 Å². The van der Waals surface area contributed by atoms with Gasteiger partial charge in [0.1, 0.15) is 11.0 Å². The van der Waals surface area contributed by atoms with Crippen LogP contribution in [-0.4, -0.2) is 14.9 Å². The van der Waals surface area contributed by atoms with Crippen molar-refractivity contribution >= 4 is 28.3 Å².